The van der Waals surface area contributed by atoms with Crippen LogP contribution in [0, 0.1) is 17.1 Å². The highest BCUT2D eigenvalue weighted by molar-refractivity contribution is 7.89. The van der Waals surface area contributed by atoms with E-state index in [-0.39, 0.29) is 47.7 Å². The summed E-state index contributed by atoms with van der Waals surface area (Å²) in [5.74, 6) is -1.43. The van der Waals surface area contributed by atoms with Gasteiger partial charge in [0.1, 0.15) is 23.4 Å². The van der Waals surface area contributed by atoms with Crippen molar-refractivity contribution in [1.82, 2.24) is 9.29 Å². The highest BCUT2D eigenvalue weighted by Crippen LogP contribution is 2.35. The van der Waals surface area contributed by atoms with Crippen molar-refractivity contribution in [3.05, 3.63) is 77.4 Å². The second-order valence-electron chi connectivity index (χ2n) is 8.16. The Labute approximate surface area is 203 Å². The minimum atomic E-state index is -4.00. The average molecular weight is 503 g/mol. The lowest BCUT2D eigenvalue weighted by Crippen LogP contribution is -2.50. The number of amides is 1. The van der Waals surface area contributed by atoms with Gasteiger partial charge in [0.2, 0.25) is 10.0 Å². The predicted molar refractivity (Wildman–Crippen MR) is 129 cm³/mol. The first-order chi connectivity index (χ1) is 15.6. The Morgan fingerprint density at radius 3 is 2.68 bits per heavy atom. The molecule has 3 aromatic rings. The third kappa shape index (κ3) is 4.94. The molecule has 178 valence electrons. The number of nitrogens with zero attached hydrogens (tertiary/aromatic N) is 2. The van der Waals surface area contributed by atoms with E-state index in [0.29, 0.717) is 6.42 Å². The molecule has 1 aliphatic heterocycles. The summed E-state index contributed by atoms with van der Waals surface area (Å²) in [7, 11) is -2.47. The van der Waals surface area contributed by atoms with Gasteiger partial charge in [-0.1, -0.05) is 30.3 Å². The van der Waals surface area contributed by atoms with Crippen LogP contribution in [0.25, 0.3) is 0 Å². The van der Waals surface area contributed by atoms with Gasteiger partial charge in [-0.3, -0.25) is 4.79 Å². The first-order valence-corrected chi connectivity index (χ1v) is 11.5. The van der Waals surface area contributed by atoms with Gasteiger partial charge in [0.25, 0.3) is 5.91 Å². The number of nitriles is 1. The number of nitrogens with one attached hydrogen (secondary N) is 2. The summed E-state index contributed by atoms with van der Waals surface area (Å²) < 4.78 is 49.9. The number of sulfonamides is 1. The third-order valence-electron chi connectivity index (χ3n) is 5.30. The van der Waals surface area contributed by atoms with Crippen LogP contribution >= 0.6 is 13.5 Å². The van der Waals surface area contributed by atoms with Gasteiger partial charge in [-0.25, -0.2) is 17.5 Å². The molecule has 8 nitrogen and oxygen atoms in total. The minimum Gasteiger partial charge on any atom is -0.488 e. The molecule has 1 atom stereocenters. The Balaban J connectivity index is 0.00000324. The van der Waals surface area contributed by atoms with Crippen LogP contribution in [0.3, 0.4) is 0 Å². The van der Waals surface area contributed by atoms with Crippen molar-refractivity contribution in [1.29, 1.82) is 5.26 Å². The number of carbonyl (C=O) groups excluding carboxylic acids is 1. The fraction of sp³-hybridized carbons (Fsp3) is 0.217. The summed E-state index contributed by atoms with van der Waals surface area (Å²) in [6.45, 7) is 1.73. The van der Waals surface area contributed by atoms with E-state index >= 15 is 0 Å². The van der Waals surface area contributed by atoms with Crippen LogP contribution in [-0.4, -0.2) is 31.0 Å². The van der Waals surface area contributed by atoms with E-state index in [1.165, 1.54) is 29.9 Å². The fourth-order valence-corrected chi connectivity index (χ4v) is 5.41. The van der Waals surface area contributed by atoms with Gasteiger partial charge in [-0.2, -0.15) is 18.8 Å². The molecule has 2 N–H and O–H groups in total. The molecular weight excluding hydrogens is 479 g/mol. The maximum absolute atomic E-state index is 13.6. The molecule has 0 fully saturated rings. The first-order valence-electron chi connectivity index (χ1n) is 10.0. The van der Waals surface area contributed by atoms with Crippen LogP contribution in [0.5, 0.6) is 5.75 Å². The van der Waals surface area contributed by atoms with Crippen molar-refractivity contribution in [2.45, 2.75) is 23.8 Å². The molecule has 34 heavy (non-hydrogen) atoms. The lowest BCUT2D eigenvalue weighted by Gasteiger charge is -2.28. The second-order valence-corrected chi connectivity index (χ2v) is 9.81. The monoisotopic (exact) mass is 502 g/mol. The molecule has 0 spiro atoms. The molecule has 1 aromatic heterocycles. The Kier molecular flexibility index (Phi) is 7.07. The van der Waals surface area contributed by atoms with Gasteiger partial charge in [-0.15, -0.1) is 0 Å². The van der Waals surface area contributed by atoms with Crippen LogP contribution in [0.2, 0.25) is 0 Å². The highest BCUT2D eigenvalue weighted by Gasteiger charge is 2.40. The fourth-order valence-electron chi connectivity index (χ4n) is 3.82. The number of hydrogen-bond acceptors (Lipinski definition) is 5. The van der Waals surface area contributed by atoms with Crippen molar-refractivity contribution in [2.75, 3.05) is 11.9 Å². The quantitative estimate of drug-likeness (QED) is 0.569. The largest absolute Gasteiger partial charge is 0.488 e. The van der Waals surface area contributed by atoms with Crippen molar-refractivity contribution < 1.29 is 22.3 Å². The van der Waals surface area contributed by atoms with E-state index in [1.807, 2.05) is 30.3 Å². The SMILES string of the molecule is Cn1cc2c(c1C(=O)Nc1ccc(F)c(C#N)c1)OC[C@](C)(Cc1ccccc1)NS2(=O)=O.S. The Morgan fingerprint density at radius 2 is 2.00 bits per heavy atom. The predicted octanol–water partition coefficient (Wildman–Crippen LogP) is 3.07. The molecule has 0 bridgehead atoms. The molecule has 2 aromatic carbocycles. The van der Waals surface area contributed by atoms with E-state index in [1.54, 1.807) is 13.0 Å². The van der Waals surface area contributed by atoms with Crippen LogP contribution in [0.4, 0.5) is 10.1 Å². The Bertz CT molecular complexity index is 1380. The van der Waals surface area contributed by atoms with Crippen molar-refractivity contribution in [3.63, 3.8) is 0 Å². The summed E-state index contributed by atoms with van der Waals surface area (Å²) in [5.41, 5.74) is -0.0604. The van der Waals surface area contributed by atoms with Gasteiger partial charge in [-0.05, 0) is 37.1 Å². The molecule has 0 unspecified atom stereocenters. The van der Waals surface area contributed by atoms with Gasteiger partial charge in [0, 0.05) is 18.9 Å². The van der Waals surface area contributed by atoms with E-state index < -0.39 is 27.3 Å². The van der Waals surface area contributed by atoms with Gasteiger partial charge in [0.15, 0.2) is 11.4 Å². The summed E-state index contributed by atoms with van der Waals surface area (Å²) in [6.07, 6.45) is 1.70. The van der Waals surface area contributed by atoms with Crippen molar-refractivity contribution in [3.8, 4) is 11.8 Å². The summed E-state index contributed by atoms with van der Waals surface area (Å²) in [4.78, 5) is 12.9. The van der Waals surface area contributed by atoms with Crippen molar-refractivity contribution in [2.24, 2.45) is 7.05 Å². The molecule has 0 radical (unpaired) electrons. The summed E-state index contributed by atoms with van der Waals surface area (Å²) in [6, 6.07) is 14.7. The van der Waals surface area contributed by atoms with Gasteiger partial charge < -0.3 is 14.6 Å². The Hall–Kier alpha value is -3.33. The van der Waals surface area contributed by atoms with Crippen LogP contribution in [-0.2, 0) is 23.5 Å². The molecule has 2 heterocycles. The van der Waals surface area contributed by atoms with Crippen molar-refractivity contribution >= 4 is 35.1 Å². The molecule has 1 amide bonds. The summed E-state index contributed by atoms with van der Waals surface area (Å²) >= 11 is 0. The van der Waals surface area contributed by atoms with E-state index in [4.69, 9.17) is 10.00 Å². The standard InChI is InChI=1S/C23H21FN4O4S.H2S/c1-23(11-15-6-4-3-5-7-15)14-32-21-19(33(30,31)27-23)13-28(2)20(21)22(29)26-17-8-9-18(24)16(10-17)12-25;/h3-10,13,27H,11,14H2,1-2H3,(H,26,29);1H2/t23-;/m0./s1. The van der Waals surface area contributed by atoms with Gasteiger partial charge >= 0.3 is 0 Å². The second kappa shape index (κ2) is 9.50. The van der Waals surface area contributed by atoms with Crippen LogP contribution < -0.4 is 14.8 Å². The number of aromatic nitrogens is 1. The molecule has 4 rings (SSSR count). The molecule has 0 saturated heterocycles. The lowest BCUT2D eigenvalue weighted by atomic mass is 9.95. The van der Waals surface area contributed by atoms with E-state index in [9.17, 15) is 17.6 Å². The van der Waals surface area contributed by atoms with Crippen LogP contribution in [0.1, 0.15) is 28.5 Å². The molecule has 0 saturated carbocycles. The smallest absolute Gasteiger partial charge is 0.276 e. The number of halogens is 1. The number of hydrogen-bond donors (Lipinski definition) is 2. The zero-order valence-corrected chi connectivity index (χ0v) is 20.2. The topological polar surface area (TPSA) is 113 Å². The zero-order chi connectivity index (χ0) is 23.8. The number of benzene rings is 2. The minimum absolute atomic E-state index is 0. The lowest BCUT2D eigenvalue weighted by molar-refractivity contribution is 0.101. The molecule has 11 heteroatoms. The average Bonchev–Trinajstić information content (AvgIpc) is 3.07. The molecule has 1 aliphatic rings. The maximum Gasteiger partial charge on any atom is 0.276 e. The molecule has 0 aliphatic carbocycles. The number of aryl methyl sites for hydroxylation is 1. The third-order valence-corrected chi connectivity index (χ3v) is 6.94. The molecular formula is C23H23FN4O4S2. The number of rotatable bonds is 4. The normalized spacial score (nSPS) is 18.4. The number of fused-ring (bicyclic) bond motifs is 1. The zero-order valence-electron chi connectivity index (χ0n) is 18.4. The van der Waals surface area contributed by atoms with Crippen LogP contribution in [0.15, 0.2) is 59.6 Å². The number of ether oxygens (including phenoxy) is 1. The van der Waals surface area contributed by atoms with Gasteiger partial charge in [0.05, 0.1) is 11.1 Å². The number of anilines is 1. The first kappa shape index (κ1) is 25.3. The Morgan fingerprint density at radius 1 is 1.29 bits per heavy atom. The highest BCUT2D eigenvalue weighted by atomic mass is 32.2. The number of carbonyl (C=O) groups is 1. The maximum atomic E-state index is 13.6. The summed E-state index contributed by atoms with van der Waals surface area (Å²) in [5, 5.41) is 11.6. The van der Waals surface area contributed by atoms with E-state index in [2.05, 4.69) is 10.0 Å². The van der Waals surface area contributed by atoms with E-state index in [0.717, 1.165) is 11.6 Å².